The Labute approximate surface area is 84.9 Å². The van der Waals surface area contributed by atoms with Gasteiger partial charge in [-0.25, -0.2) is 4.79 Å². The van der Waals surface area contributed by atoms with Gasteiger partial charge in [-0.15, -0.1) is 0 Å². The van der Waals surface area contributed by atoms with E-state index in [4.69, 9.17) is 0 Å². The van der Waals surface area contributed by atoms with Gasteiger partial charge in [-0.1, -0.05) is 26.0 Å². The molecule has 0 saturated heterocycles. The first-order chi connectivity index (χ1) is 6.69. The van der Waals surface area contributed by atoms with E-state index in [9.17, 15) is 4.79 Å². The van der Waals surface area contributed by atoms with Crippen LogP contribution in [0.25, 0.3) is 0 Å². The van der Waals surface area contributed by atoms with Crippen LogP contribution in [-0.2, 0) is 4.74 Å². The van der Waals surface area contributed by atoms with Crippen molar-refractivity contribution in [2.75, 3.05) is 7.11 Å². The summed E-state index contributed by atoms with van der Waals surface area (Å²) in [6.45, 7) is 4.28. The minimum absolute atomic E-state index is 0.268. The minimum atomic E-state index is -0.268. The predicted molar refractivity (Wildman–Crippen MR) is 56.5 cm³/mol. The largest absolute Gasteiger partial charge is 0.465 e. The van der Waals surface area contributed by atoms with Gasteiger partial charge in [-0.2, -0.15) is 0 Å². The Hall–Kier alpha value is -1.31. The molecule has 0 bridgehead atoms. The van der Waals surface area contributed by atoms with Crippen LogP contribution >= 0.6 is 0 Å². The summed E-state index contributed by atoms with van der Waals surface area (Å²) in [4.78, 5) is 11.3. The van der Waals surface area contributed by atoms with Gasteiger partial charge >= 0.3 is 5.97 Å². The Morgan fingerprint density at radius 1 is 1.50 bits per heavy atom. The average molecular weight is 192 g/mol. The van der Waals surface area contributed by atoms with Crippen molar-refractivity contribution in [3.05, 3.63) is 35.4 Å². The Bertz CT molecular complexity index is 318. The highest BCUT2D eigenvalue weighted by molar-refractivity contribution is 5.89. The molecule has 1 rings (SSSR count). The van der Waals surface area contributed by atoms with Crippen molar-refractivity contribution in [1.82, 2.24) is 0 Å². The molecule has 1 aromatic rings. The molecule has 0 fully saturated rings. The van der Waals surface area contributed by atoms with Crippen molar-refractivity contribution >= 4 is 5.97 Å². The molecule has 1 aromatic carbocycles. The summed E-state index contributed by atoms with van der Waals surface area (Å²) in [7, 11) is 1.40. The topological polar surface area (TPSA) is 26.3 Å². The number of carbonyl (C=O) groups is 1. The van der Waals surface area contributed by atoms with E-state index >= 15 is 0 Å². The first kappa shape index (κ1) is 10.8. The molecule has 0 heterocycles. The number of esters is 1. The Morgan fingerprint density at radius 2 is 2.21 bits per heavy atom. The fourth-order valence-electron chi connectivity index (χ4n) is 1.33. The van der Waals surface area contributed by atoms with Gasteiger partial charge in [0.1, 0.15) is 0 Å². The van der Waals surface area contributed by atoms with Crippen molar-refractivity contribution in [1.29, 1.82) is 0 Å². The lowest BCUT2D eigenvalue weighted by Gasteiger charge is -2.09. The van der Waals surface area contributed by atoms with Crippen molar-refractivity contribution in [2.24, 2.45) is 0 Å². The molecule has 0 aliphatic rings. The maximum atomic E-state index is 11.3. The molecule has 0 aromatic heterocycles. The maximum absolute atomic E-state index is 11.3. The lowest BCUT2D eigenvalue weighted by molar-refractivity contribution is 0.0600. The van der Waals surface area contributed by atoms with Crippen LogP contribution in [0, 0.1) is 0 Å². The number of methoxy groups -OCH3 is 1. The second-order valence-electron chi connectivity index (χ2n) is 3.43. The van der Waals surface area contributed by atoms with Crippen LogP contribution in [-0.4, -0.2) is 13.1 Å². The van der Waals surface area contributed by atoms with Gasteiger partial charge < -0.3 is 4.74 Å². The zero-order valence-corrected chi connectivity index (χ0v) is 8.91. The van der Waals surface area contributed by atoms with E-state index in [1.807, 2.05) is 18.2 Å². The van der Waals surface area contributed by atoms with Crippen LogP contribution in [0.15, 0.2) is 24.3 Å². The molecule has 0 radical (unpaired) electrons. The standard InChI is InChI=1S/C12H16O2/c1-4-9(2)10-6-5-7-11(8-10)12(13)14-3/h5-9H,4H2,1-3H3. The van der Waals surface area contributed by atoms with Gasteiger partial charge in [-0.05, 0) is 30.0 Å². The number of hydrogen-bond acceptors (Lipinski definition) is 2. The number of hydrogen-bond donors (Lipinski definition) is 0. The van der Waals surface area contributed by atoms with Crippen molar-refractivity contribution in [3.63, 3.8) is 0 Å². The van der Waals surface area contributed by atoms with E-state index in [0.717, 1.165) is 6.42 Å². The maximum Gasteiger partial charge on any atom is 0.337 e. The van der Waals surface area contributed by atoms with E-state index in [1.165, 1.54) is 12.7 Å². The van der Waals surface area contributed by atoms with Gasteiger partial charge in [0.15, 0.2) is 0 Å². The summed E-state index contributed by atoms with van der Waals surface area (Å²) in [6, 6.07) is 7.62. The van der Waals surface area contributed by atoms with Crippen molar-refractivity contribution in [3.8, 4) is 0 Å². The highest BCUT2D eigenvalue weighted by Crippen LogP contribution is 2.19. The molecular weight excluding hydrogens is 176 g/mol. The molecule has 1 atom stereocenters. The Kier molecular flexibility index (Phi) is 3.69. The summed E-state index contributed by atoms with van der Waals surface area (Å²) in [5, 5.41) is 0. The molecule has 2 nitrogen and oxygen atoms in total. The molecule has 0 saturated carbocycles. The van der Waals surface area contributed by atoms with Crippen LogP contribution in [0.1, 0.15) is 42.1 Å². The van der Waals surface area contributed by atoms with Gasteiger partial charge in [0.25, 0.3) is 0 Å². The van der Waals surface area contributed by atoms with Gasteiger partial charge in [0.2, 0.25) is 0 Å². The smallest absolute Gasteiger partial charge is 0.337 e. The number of ether oxygens (including phenoxy) is 1. The van der Waals surface area contributed by atoms with Crippen LogP contribution in [0.5, 0.6) is 0 Å². The molecule has 0 spiro atoms. The number of rotatable bonds is 3. The van der Waals surface area contributed by atoms with Gasteiger partial charge in [-0.3, -0.25) is 0 Å². The fourth-order valence-corrected chi connectivity index (χ4v) is 1.33. The Morgan fingerprint density at radius 3 is 2.79 bits per heavy atom. The van der Waals surface area contributed by atoms with Crippen molar-refractivity contribution in [2.45, 2.75) is 26.2 Å². The van der Waals surface area contributed by atoms with Gasteiger partial charge in [0.05, 0.1) is 12.7 Å². The monoisotopic (exact) mass is 192 g/mol. The summed E-state index contributed by atoms with van der Waals surface area (Å²) in [5.74, 6) is 0.217. The van der Waals surface area contributed by atoms with E-state index in [2.05, 4.69) is 18.6 Å². The summed E-state index contributed by atoms with van der Waals surface area (Å²) < 4.78 is 4.67. The molecule has 76 valence electrons. The fraction of sp³-hybridized carbons (Fsp3) is 0.417. The molecule has 0 aliphatic carbocycles. The molecule has 1 unspecified atom stereocenters. The second kappa shape index (κ2) is 4.80. The predicted octanol–water partition coefficient (Wildman–Crippen LogP) is 2.99. The van der Waals surface area contributed by atoms with E-state index in [1.54, 1.807) is 6.07 Å². The van der Waals surface area contributed by atoms with Gasteiger partial charge in [0, 0.05) is 0 Å². The zero-order chi connectivity index (χ0) is 10.6. The SMILES string of the molecule is CCC(C)c1cccc(C(=O)OC)c1. The minimum Gasteiger partial charge on any atom is -0.465 e. The number of carbonyl (C=O) groups excluding carboxylic acids is 1. The van der Waals surface area contributed by atoms with E-state index in [0.29, 0.717) is 11.5 Å². The average Bonchev–Trinajstić information content (AvgIpc) is 2.27. The normalized spacial score (nSPS) is 12.2. The summed E-state index contributed by atoms with van der Waals surface area (Å²) in [6.07, 6.45) is 1.07. The van der Waals surface area contributed by atoms with Crippen LogP contribution < -0.4 is 0 Å². The van der Waals surface area contributed by atoms with Crippen molar-refractivity contribution < 1.29 is 9.53 Å². The quantitative estimate of drug-likeness (QED) is 0.688. The molecule has 0 amide bonds. The first-order valence-electron chi connectivity index (χ1n) is 4.87. The third-order valence-corrected chi connectivity index (χ3v) is 2.49. The van der Waals surface area contributed by atoms with Crippen LogP contribution in [0.4, 0.5) is 0 Å². The highest BCUT2D eigenvalue weighted by atomic mass is 16.5. The molecule has 14 heavy (non-hydrogen) atoms. The molecule has 2 heteroatoms. The lowest BCUT2D eigenvalue weighted by atomic mass is 9.97. The third kappa shape index (κ3) is 2.34. The second-order valence-corrected chi connectivity index (χ2v) is 3.43. The summed E-state index contributed by atoms with van der Waals surface area (Å²) in [5.41, 5.74) is 1.82. The lowest BCUT2D eigenvalue weighted by Crippen LogP contribution is -2.02. The first-order valence-corrected chi connectivity index (χ1v) is 4.87. The molecule has 0 N–H and O–H groups in total. The van der Waals surface area contributed by atoms with Crippen LogP contribution in [0.2, 0.25) is 0 Å². The summed E-state index contributed by atoms with van der Waals surface area (Å²) >= 11 is 0. The zero-order valence-electron chi connectivity index (χ0n) is 8.91. The molecule has 0 aliphatic heterocycles. The Balaban J connectivity index is 2.95. The molecular formula is C12H16O2. The van der Waals surface area contributed by atoms with E-state index in [-0.39, 0.29) is 5.97 Å². The number of benzene rings is 1. The van der Waals surface area contributed by atoms with E-state index < -0.39 is 0 Å². The van der Waals surface area contributed by atoms with Crippen LogP contribution in [0.3, 0.4) is 0 Å². The third-order valence-electron chi connectivity index (χ3n) is 2.49. The highest BCUT2D eigenvalue weighted by Gasteiger charge is 2.08.